The Balaban J connectivity index is 1.86. The van der Waals surface area contributed by atoms with Crippen LogP contribution in [0.5, 0.6) is 0 Å². The Labute approximate surface area is 171 Å². The lowest BCUT2D eigenvalue weighted by molar-refractivity contribution is -0.116. The molecule has 0 unspecified atom stereocenters. The topological polar surface area (TPSA) is 101 Å². The highest BCUT2D eigenvalue weighted by Gasteiger charge is 2.18. The number of aromatic nitrogens is 2. The van der Waals surface area contributed by atoms with Crippen molar-refractivity contribution in [2.75, 3.05) is 11.9 Å². The Bertz CT molecular complexity index is 898. The molecule has 1 amide bonds. The average Bonchev–Trinajstić information content (AvgIpc) is 3.00. The molecule has 28 heavy (non-hydrogen) atoms. The molecular weight excluding hydrogens is 396 g/mol. The number of carbonyl (C=O) groups is 1. The summed E-state index contributed by atoms with van der Waals surface area (Å²) in [6.07, 6.45) is 0.819. The molecule has 0 spiro atoms. The van der Waals surface area contributed by atoms with Crippen LogP contribution in [0, 0.1) is 5.92 Å². The molecule has 2 rings (SSSR count). The van der Waals surface area contributed by atoms with Gasteiger partial charge in [-0.15, -0.1) is 10.2 Å². The van der Waals surface area contributed by atoms with Crippen molar-refractivity contribution in [1.82, 2.24) is 14.9 Å². The zero-order valence-corrected chi connectivity index (χ0v) is 18.6. The zero-order chi connectivity index (χ0) is 20.9. The van der Waals surface area contributed by atoms with Gasteiger partial charge in [-0.05, 0) is 29.0 Å². The van der Waals surface area contributed by atoms with Gasteiger partial charge in [-0.3, -0.25) is 4.79 Å². The van der Waals surface area contributed by atoms with Gasteiger partial charge in [0.25, 0.3) is 0 Å². The van der Waals surface area contributed by atoms with E-state index in [-0.39, 0.29) is 29.2 Å². The fourth-order valence-corrected chi connectivity index (χ4v) is 4.43. The van der Waals surface area contributed by atoms with E-state index in [0.717, 1.165) is 17.0 Å². The number of amides is 1. The smallest absolute Gasteiger partial charge is 0.240 e. The van der Waals surface area contributed by atoms with Crippen LogP contribution in [0.15, 0.2) is 29.2 Å². The van der Waals surface area contributed by atoms with Gasteiger partial charge in [0.05, 0.1) is 4.90 Å². The van der Waals surface area contributed by atoms with E-state index in [1.54, 1.807) is 12.1 Å². The number of nitrogens with zero attached hydrogens (tertiary/aromatic N) is 2. The maximum atomic E-state index is 12.4. The van der Waals surface area contributed by atoms with Crippen LogP contribution >= 0.6 is 11.3 Å². The van der Waals surface area contributed by atoms with Crippen molar-refractivity contribution in [1.29, 1.82) is 0 Å². The normalized spacial score (nSPS) is 12.4. The van der Waals surface area contributed by atoms with Gasteiger partial charge >= 0.3 is 0 Å². The Morgan fingerprint density at radius 1 is 1.14 bits per heavy atom. The molecule has 0 fully saturated rings. The van der Waals surface area contributed by atoms with E-state index in [2.05, 4.69) is 54.9 Å². The molecule has 0 atom stereocenters. The molecular formula is C19H28N4O3S2. The summed E-state index contributed by atoms with van der Waals surface area (Å²) in [7, 11) is -3.66. The summed E-state index contributed by atoms with van der Waals surface area (Å²) < 4.78 is 27.2. The SMILES string of the molecule is CC(C)Cc1nnc(NC(=O)CCNS(=O)(=O)c2ccc(C(C)(C)C)cc2)s1. The van der Waals surface area contributed by atoms with Crippen molar-refractivity contribution in [3.05, 3.63) is 34.8 Å². The van der Waals surface area contributed by atoms with Gasteiger partial charge in [0.2, 0.25) is 21.1 Å². The number of sulfonamides is 1. The minimum Gasteiger partial charge on any atom is -0.300 e. The minimum atomic E-state index is -3.66. The molecule has 154 valence electrons. The molecule has 0 bridgehead atoms. The largest absolute Gasteiger partial charge is 0.300 e. The molecule has 0 radical (unpaired) electrons. The summed E-state index contributed by atoms with van der Waals surface area (Å²) >= 11 is 1.34. The molecule has 0 saturated heterocycles. The van der Waals surface area contributed by atoms with E-state index in [4.69, 9.17) is 0 Å². The quantitative estimate of drug-likeness (QED) is 0.677. The molecule has 0 aliphatic heterocycles. The summed E-state index contributed by atoms with van der Waals surface area (Å²) in [5.41, 5.74) is 1.01. The summed E-state index contributed by atoms with van der Waals surface area (Å²) in [5, 5.41) is 11.9. The van der Waals surface area contributed by atoms with Crippen LogP contribution in [0.25, 0.3) is 0 Å². The lowest BCUT2D eigenvalue weighted by Gasteiger charge is -2.19. The van der Waals surface area contributed by atoms with Crippen LogP contribution in [0.2, 0.25) is 0 Å². The fourth-order valence-electron chi connectivity index (χ4n) is 2.43. The first-order valence-corrected chi connectivity index (χ1v) is 11.5. The second-order valence-corrected chi connectivity index (χ2v) is 10.9. The summed E-state index contributed by atoms with van der Waals surface area (Å²) in [6.45, 7) is 10.4. The zero-order valence-electron chi connectivity index (χ0n) is 16.9. The van der Waals surface area contributed by atoms with Gasteiger partial charge in [-0.25, -0.2) is 13.1 Å². The highest BCUT2D eigenvalue weighted by Crippen LogP contribution is 2.23. The van der Waals surface area contributed by atoms with Crippen LogP contribution in [-0.4, -0.2) is 31.1 Å². The first kappa shape index (κ1) is 22.4. The maximum absolute atomic E-state index is 12.4. The fraction of sp³-hybridized carbons (Fsp3) is 0.526. The number of nitrogens with one attached hydrogen (secondary N) is 2. The summed E-state index contributed by atoms with van der Waals surface area (Å²) in [6, 6.07) is 6.79. The lowest BCUT2D eigenvalue weighted by atomic mass is 9.87. The molecule has 1 aromatic carbocycles. The second kappa shape index (κ2) is 9.11. The maximum Gasteiger partial charge on any atom is 0.240 e. The van der Waals surface area contributed by atoms with Crippen LogP contribution in [0.3, 0.4) is 0 Å². The lowest BCUT2D eigenvalue weighted by Crippen LogP contribution is -2.28. The minimum absolute atomic E-state index is 0.00679. The Morgan fingerprint density at radius 2 is 1.79 bits per heavy atom. The standard InChI is InChI=1S/C19H28N4O3S2/c1-13(2)12-17-22-23-18(27-17)21-16(24)10-11-20-28(25,26)15-8-6-14(7-9-15)19(3,4)5/h6-9,13,20H,10-12H2,1-5H3,(H,21,23,24). The third-order valence-electron chi connectivity index (χ3n) is 3.97. The van der Waals surface area contributed by atoms with Crippen molar-refractivity contribution in [3.63, 3.8) is 0 Å². The first-order valence-electron chi connectivity index (χ1n) is 9.20. The van der Waals surface area contributed by atoms with Crippen LogP contribution in [0.4, 0.5) is 5.13 Å². The number of hydrogen-bond donors (Lipinski definition) is 2. The van der Waals surface area contributed by atoms with Crippen molar-refractivity contribution < 1.29 is 13.2 Å². The highest BCUT2D eigenvalue weighted by molar-refractivity contribution is 7.89. The number of hydrogen-bond acceptors (Lipinski definition) is 6. The summed E-state index contributed by atoms with van der Waals surface area (Å²) in [5.74, 6) is 0.154. The molecule has 2 N–H and O–H groups in total. The van der Waals surface area contributed by atoms with E-state index in [9.17, 15) is 13.2 Å². The van der Waals surface area contributed by atoms with Gasteiger partial charge in [0, 0.05) is 19.4 Å². The van der Waals surface area contributed by atoms with E-state index in [1.165, 1.54) is 11.3 Å². The van der Waals surface area contributed by atoms with Gasteiger partial charge in [0.15, 0.2) is 0 Å². The third-order valence-corrected chi connectivity index (χ3v) is 6.31. The predicted octanol–water partition coefficient (Wildman–Crippen LogP) is 3.34. The molecule has 9 heteroatoms. The number of benzene rings is 1. The molecule has 1 aromatic heterocycles. The van der Waals surface area contributed by atoms with Crippen LogP contribution in [0.1, 0.15) is 51.6 Å². The van der Waals surface area contributed by atoms with E-state index in [1.807, 2.05) is 12.1 Å². The molecule has 2 aromatic rings. The molecule has 0 aliphatic rings. The van der Waals surface area contributed by atoms with Crippen molar-refractivity contribution >= 4 is 32.4 Å². The molecule has 7 nitrogen and oxygen atoms in total. The van der Waals surface area contributed by atoms with E-state index in [0.29, 0.717) is 11.0 Å². The van der Waals surface area contributed by atoms with Crippen molar-refractivity contribution in [3.8, 4) is 0 Å². The second-order valence-electron chi connectivity index (χ2n) is 8.07. The van der Waals surface area contributed by atoms with Gasteiger partial charge in [0.1, 0.15) is 5.01 Å². The third kappa shape index (κ3) is 6.65. The Hall–Kier alpha value is -1.84. The highest BCUT2D eigenvalue weighted by atomic mass is 32.2. The van der Waals surface area contributed by atoms with Gasteiger partial charge in [-0.2, -0.15) is 0 Å². The van der Waals surface area contributed by atoms with Crippen LogP contribution < -0.4 is 10.0 Å². The predicted molar refractivity (Wildman–Crippen MR) is 112 cm³/mol. The van der Waals surface area contributed by atoms with Gasteiger partial charge < -0.3 is 5.32 Å². The van der Waals surface area contributed by atoms with Crippen molar-refractivity contribution in [2.45, 2.75) is 57.8 Å². The summed E-state index contributed by atoms with van der Waals surface area (Å²) in [4.78, 5) is 12.2. The Kier molecular flexibility index (Phi) is 7.30. The van der Waals surface area contributed by atoms with Crippen LogP contribution in [-0.2, 0) is 26.7 Å². The monoisotopic (exact) mass is 424 g/mol. The number of carbonyl (C=O) groups excluding carboxylic acids is 1. The first-order chi connectivity index (χ1) is 13.0. The molecule has 1 heterocycles. The number of anilines is 1. The van der Waals surface area contributed by atoms with E-state index < -0.39 is 10.0 Å². The van der Waals surface area contributed by atoms with E-state index >= 15 is 0 Å². The molecule has 0 aliphatic carbocycles. The number of rotatable bonds is 8. The van der Waals surface area contributed by atoms with Crippen molar-refractivity contribution in [2.24, 2.45) is 5.92 Å². The molecule has 0 saturated carbocycles. The Morgan fingerprint density at radius 3 is 2.36 bits per heavy atom. The van der Waals surface area contributed by atoms with Gasteiger partial charge in [-0.1, -0.05) is 58.1 Å². The average molecular weight is 425 g/mol.